The summed E-state index contributed by atoms with van der Waals surface area (Å²) in [6.07, 6.45) is 1.88. The third kappa shape index (κ3) is 7.05. The van der Waals surface area contributed by atoms with Gasteiger partial charge < -0.3 is 14.8 Å². The van der Waals surface area contributed by atoms with Crippen LogP contribution in [0.1, 0.15) is 43.1 Å². The highest BCUT2D eigenvalue weighted by molar-refractivity contribution is 5.96. The molecule has 0 fully saturated rings. The Morgan fingerprint density at radius 3 is 2.37 bits per heavy atom. The highest BCUT2D eigenvalue weighted by Crippen LogP contribution is 2.27. The van der Waals surface area contributed by atoms with Gasteiger partial charge in [0, 0.05) is 24.6 Å². The van der Waals surface area contributed by atoms with Gasteiger partial charge in [0.15, 0.2) is 11.5 Å². The van der Waals surface area contributed by atoms with E-state index in [0.29, 0.717) is 34.7 Å². The molecule has 0 saturated heterocycles. The van der Waals surface area contributed by atoms with Crippen LogP contribution in [0.2, 0.25) is 0 Å². The number of carbonyl (C=O) groups is 3. The van der Waals surface area contributed by atoms with Gasteiger partial charge in [-0.1, -0.05) is 13.8 Å². The maximum atomic E-state index is 12.2. The molecule has 0 bridgehead atoms. The molecule has 2 amide bonds. The van der Waals surface area contributed by atoms with E-state index in [1.165, 1.54) is 20.2 Å². The van der Waals surface area contributed by atoms with E-state index in [4.69, 9.17) is 9.47 Å². The summed E-state index contributed by atoms with van der Waals surface area (Å²) in [4.78, 5) is 35.1. The second-order valence-corrected chi connectivity index (χ2v) is 6.93. The van der Waals surface area contributed by atoms with Crippen LogP contribution in [0.25, 0.3) is 0 Å². The summed E-state index contributed by atoms with van der Waals surface area (Å²) < 4.78 is 10.2. The molecule has 0 saturated carbocycles. The van der Waals surface area contributed by atoms with Crippen molar-refractivity contribution in [2.75, 3.05) is 12.4 Å². The van der Waals surface area contributed by atoms with E-state index in [-0.39, 0.29) is 11.8 Å². The molecular formula is C22H25N3O5. The number of rotatable bonds is 8. The zero-order valence-electron chi connectivity index (χ0n) is 17.4. The molecule has 2 aromatic carbocycles. The first-order valence-corrected chi connectivity index (χ1v) is 9.38. The highest BCUT2D eigenvalue weighted by Gasteiger charge is 2.09. The zero-order chi connectivity index (χ0) is 22.1. The molecule has 0 atom stereocenters. The number of ether oxygens (including phenoxy) is 2. The lowest BCUT2D eigenvalue weighted by molar-refractivity contribution is -0.132. The molecule has 158 valence electrons. The zero-order valence-corrected chi connectivity index (χ0v) is 17.4. The monoisotopic (exact) mass is 411 g/mol. The SMILES string of the molecule is COc1cc(/C=N/NC(=O)c2ccc(NC(=O)CC(C)C)cc2)ccc1OC(C)=O. The molecule has 0 aromatic heterocycles. The van der Waals surface area contributed by atoms with Gasteiger partial charge in [0.2, 0.25) is 5.91 Å². The maximum Gasteiger partial charge on any atom is 0.308 e. The minimum Gasteiger partial charge on any atom is -0.493 e. The summed E-state index contributed by atoms with van der Waals surface area (Å²) >= 11 is 0. The first kappa shape index (κ1) is 22.6. The van der Waals surface area contributed by atoms with Gasteiger partial charge in [0.05, 0.1) is 13.3 Å². The predicted molar refractivity (Wildman–Crippen MR) is 114 cm³/mol. The summed E-state index contributed by atoms with van der Waals surface area (Å²) in [5.41, 5.74) is 4.11. The lowest BCUT2D eigenvalue weighted by Crippen LogP contribution is -2.18. The summed E-state index contributed by atoms with van der Waals surface area (Å²) in [7, 11) is 1.46. The maximum absolute atomic E-state index is 12.2. The van der Waals surface area contributed by atoms with Crippen LogP contribution < -0.4 is 20.2 Å². The molecule has 0 heterocycles. The van der Waals surface area contributed by atoms with Crippen LogP contribution in [0.3, 0.4) is 0 Å². The van der Waals surface area contributed by atoms with Crippen LogP contribution >= 0.6 is 0 Å². The van der Waals surface area contributed by atoms with Crippen molar-refractivity contribution in [3.63, 3.8) is 0 Å². The molecule has 0 unspecified atom stereocenters. The molecule has 2 N–H and O–H groups in total. The van der Waals surface area contributed by atoms with E-state index in [1.54, 1.807) is 42.5 Å². The molecule has 8 nitrogen and oxygen atoms in total. The van der Waals surface area contributed by atoms with E-state index in [9.17, 15) is 14.4 Å². The number of hydrogen-bond acceptors (Lipinski definition) is 6. The van der Waals surface area contributed by atoms with Gasteiger partial charge in [-0.25, -0.2) is 5.43 Å². The molecule has 8 heteroatoms. The van der Waals surface area contributed by atoms with Gasteiger partial charge in [-0.15, -0.1) is 0 Å². The number of nitrogens with one attached hydrogen (secondary N) is 2. The van der Waals surface area contributed by atoms with E-state index < -0.39 is 11.9 Å². The standard InChI is InChI=1S/C22H25N3O5/c1-14(2)11-21(27)24-18-8-6-17(7-9-18)22(28)25-23-13-16-5-10-19(30-15(3)26)20(12-16)29-4/h5-10,12-14H,11H2,1-4H3,(H,24,27)(H,25,28)/b23-13+. The van der Waals surface area contributed by atoms with Crippen molar-refractivity contribution in [2.24, 2.45) is 11.0 Å². The molecule has 0 radical (unpaired) electrons. The first-order chi connectivity index (χ1) is 14.3. The minimum atomic E-state index is -0.451. The van der Waals surface area contributed by atoms with Crippen LogP contribution in [0.15, 0.2) is 47.6 Å². The fraction of sp³-hybridized carbons (Fsp3) is 0.273. The Balaban J connectivity index is 1.95. The Hall–Kier alpha value is -3.68. The van der Waals surface area contributed by atoms with E-state index in [1.807, 2.05) is 13.8 Å². The number of esters is 1. The Morgan fingerprint density at radius 2 is 1.77 bits per heavy atom. The molecular weight excluding hydrogens is 386 g/mol. The Kier molecular flexibility index (Phi) is 8.10. The summed E-state index contributed by atoms with van der Waals surface area (Å²) in [5.74, 6) is 0.0253. The van der Waals surface area contributed by atoms with Gasteiger partial charge in [0.25, 0.3) is 5.91 Å². The fourth-order valence-electron chi connectivity index (χ4n) is 2.52. The largest absolute Gasteiger partial charge is 0.493 e. The van der Waals surface area contributed by atoms with Gasteiger partial charge in [-0.2, -0.15) is 5.10 Å². The van der Waals surface area contributed by atoms with Crippen LogP contribution in [-0.4, -0.2) is 31.1 Å². The van der Waals surface area contributed by atoms with E-state index >= 15 is 0 Å². The minimum absolute atomic E-state index is 0.0676. The van der Waals surface area contributed by atoms with Gasteiger partial charge in [-0.3, -0.25) is 14.4 Å². The Labute approximate surface area is 175 Å². The lowest BCUT2D eigenvalue weighted by atomic mass is 10.1. The number of hydrogen-bond donors (Lipinski definition) is 2. The quantitative estimate of drug-likeness (QED) is 0.300. The van der Waals surface area contributed by atoms with Crippen molar-refractivity contribution >= 4 is 29.7 Å². The predicted octanol–water partition coefficient (Wildman–Crippen LogP) is 3.37. The number of hydrazone groups is 1. The van der Waals surface area contributed by atoms with Gasteiger partial charge in [-0.05, 0) is 53.9 Å². The van der Waals surface area contributed by atoms with Crippen LogP contribution in [-0.2, 0) is 9.59 Å². The van der Waals surface area contributed by atoms with Crippen molar-refractivity contribution in [3.05, 3.63) is 53.6 Å². The van der Waals surface area contributed by atoms with Crippen molar-refractivity contribution in [2.45, 2.75) is 27.2 Å². The lowest BCUT2D eigenvalue weighted by Gasteiger charge is -2.08. The normalized spacial score (nSPS) is 10.7. The van der Waals surface area contributed by atoms with Crippen LogP contribution in [0.5, 0.6) is 11.5 Å². The topological polar surface area (TPSA) is 106 Å². The molecule has 0 aliphatic carbocycles. The number of amides is 2. The smallest absolute Gasteiger partial charge is 0.308 e. The van der Waals surface area contributed by atoms with Gasteiger partial charge >= 0.3 is 5.97 Å². The average Bonchev–Trinajstić information content (AvgIpc) is 2.68. The first-order valence-electron chi connectivity index (χ1n) is 9.38. The van der Waals surface area contributed by atoms with E-state index in [2.05, 4.69) is 15.8 Å². The number of methoxy groups -OCH3 is 1. The Morgan fingerprint density at radius 1 is 1.07 bits per heavy atom. The summed E-state index contributed by atoms with van der Waals surface area (Å²) in [5, 5.41) is 6.72. The molecule has 2 aromatic rings. The molecule has 0 aliphatic heterocycles. The third-order valence-electron chi connectivity index (χ3n) is 3.85. The van der Waals surface area contributed by atoms with Crippen molar-refractivity contribution < 1.29 is 23.9 Å². The molecule has 0 aliphatic rings. The second-order valence-electron chi connectivity index (χ2n) is 6.93. The average molecular weight is 411 g/mol. The van der Waals surface area contributed by atoms with E-state index in [0.717, 1.165) is 0 Å². The molecule has 30 heavy (non-hydrogen) atoms. The second kappa shape index (κ2) is 10.8. The van der Waals surface area contributed by atoms with Crippen molar-refractivity contribution in [1.82, 2.24) is 5.43 Å². The number of nitrogens with zero attached hydrogens (tertiary/aromatic N) is 1. The number of carbonyl (C=O) groups excluding carboxylic acids is 3. The fourth-order valence-corrected chi connectivity index (χ4v) is 2.52. The molecule has 0 spiro atoms. The highest BCUT2D eigenvalue weighted by atomic mass is 16.6. The molecule has 2 rings (SSSR count). The van der Waals surface area contributed by atoms with Crippen LogP contribution in [0.4, 0.5) is 5.69 Å². The van der Waals surface area contributed by atoms with Crippen LogP contribution in [0, 0.1) is 5.92 Å². The number of anilines is 1. The Bertz CT molecular complexity index is 936. The van der Waals surface area contributed by atoms with Crippen molar-refractivity contribution in [3.8, 4) is 11.5 Å². The van der Waals surface area contributed by atoms with Gasteiger partial charge in [0.1, 0.15) is 0 Å². The third-order valence-corrected chi connectivity index (χ3v) is 3.85. The number of benzene rings is 2. The summed E-state index contributed by atoms with van der Waals surface area (Å²) in [6.45, 7) is 5.24. The van der Waals surface area contributed by atoms with Crippen molar-refractivity contribution in [1.29, 1.82) is 0 Å². The summed E-state index contributed by atoms with van der Waals surface area (Å²) in [6, 6.07) is 11.4.